The Balaban J connectivity index is 1.58. The van der Waals surface area contributed by atoms with E-state index in [0.29, 0.717) is 21.6 Å². The molecule has 2 unspecified atom stereocenters. The van der Waals surface area contributed by atoms with E-state index in [1.807, 2.05) is 55.5 Å². The van der Waals surface area contributed by atoms with Gasteiger partial charge in [-0.1, -0.05) is 59.1 Å². The molecule has 2 heterocycles. The molecule has 174 valence electrons. The van der Waals surface area contributed by atoms with Crippen LogP contribution in [0.3, 0.4) is 0 Å². The van der Waals surface area contributed by atoms with Gasteiger partial charge in [-0.15, -0.1) is 0 Å². The molecule has 1 aromatic heterocycles. The highest BCUT2D eigenvalue weighted by Gasteiger charge is 2.44. The highest BCUT2D eigenvalue weighted by molar-refractivity contribution is 6.33. The maximum absolute atomic E-state index is 13.7. The Kier molecular flexibility index (Phi) is 6.52. The number of nitrogens with zero attached hydrogens (tertiary/aromatic N) is 4. The summed E-state index contributed by atoms with van der Waals surface area (Å²) in [4.78, 5) is 13.7. The fourth-order valence-corrected chi connectivity index (χ4v) is 5.22. The van der Waals surface area contributed by atoms with Crippen molar-refractivity contribution in [3.63, 3.8) is 0 Å². The summed E-state index contributed by atoms with van der Waals surface area (Å²) in [6.45, 7) is 2.57. The summed E-state index contributed by atoms with van der Waals surface area (Å²) in [5, 5.41) is 12.6. The van der Waals surface area contributed by atoms with Crippen molar-refractivity contribution in [2.24, 2.45) is 11.0 Å². The topological polar surface area (TPSA) is 50.5 Å². The average molecular weight is 514 g/mol. The molecule has 2 atom stereocenters. The standard InChI is InChI=1S/C26H23Cl3N4O/c1-2-32-15-22(29)24(30-32)26(34)33-25(17-8-12-20(28)13-9-17)21-5-3-4-18(23(21)31-33)14-16-6-10-19(27)11-7-16/h6-15,21,25H,2-5H2,1H3/b18-14-. The van der Waals surface area contributed by atoms with E-state index in [1.165, 1.54) is 0 Å². The summed E-state index contributed by atoms with van der Waals surface area (Å²) < 4.78 is 1.66. The minimum Gasteiger partial charge on any atom is -0.271 e. The van der Waals surface area contributed by atoms with Crippen LogP contribution in [0, 0.1) is 5.92 Å². The Morgan fingerprint density at radius 3 is 2.38 bits per heavy atom. The molecule has 2 aliphatic rings. The minimum atomic E-state index is -0.301. The first-order valence-corrected chi connectivity index (χ1v) is 12.4. The SMILES string of the molecule is CCn1cc(Cl)c(C(=O)N2N=C3/C(=C\c4ccc(Cl)cc4)CCCC3C2c2ccc(Cl)cc2)n1. The molecule has 1 aliphatic heterocycles. The number of rotatable bonds is 4. The van der Waals surface area contributed by atoms with Gasteiger partial charge in [0, 0.05) is 28.7 Å². The molecule has 0 spiro atoms. The summed E-state index contributed by atoms with van der Waals surface area (Å²) in [6.07, 6.45) is 6.67. The molecule has 1 saturated carbocycles. The second kappa shape index (κ2) is 9.57. The van der Waals surface area contributed by atoms with Gasteiger partial charge in [-0.3, -0.25) is 9.48 Å². The first-order chi connectivity index (χ1) is 16.4. The van der Waals surface area contributed by atoms with Crippen LogP contribution in [0.4, 0.5) is 0 Å². The van der Waals surface area contributed by atoms with E-state index in [2.05, 4.69) is 11.2 Å². The van der Waals surface area contributed by atoms with Crippen LogP contribution in [-0.2, 0) is 6.54 Å². The molecule has 1 fully saturated rings. The number of amides is 1. The summed E-state index contributed by atoms with van der Waals surface area (Å²) in [6, 6.07) is 15.1. The quantitative estimate of drug-likeness (QED) is 0.367. The van der Waals surface area contributed by atoms with E-state index >= 15 is 0 Å². The number of aryl methyl sites for hydroxylation is 1. The Morgan fingerprint density at radius 1 is 1.06 bits per heavy atom. The van der Waals surface area contributed by atoms with E-state index in [0.717, 1.165) is 41.7 Å². The normalized spacial score (nSPS) is 21.0. The molecular weight excluding hydrogens is 491 g/mol. The van der Waals surface area contributed by atoms with Crippen molar-refractivity contribution in [1.82, 2.24) is 14.8 Å². The van der Waals surface area contributed by atoms with Gasteiger partial charge < -0.3 is 0 Å². The Bertz CT molecular complexity index is 1280. The molecule has 1 amide bonds. The summed E-state index contributed by atoms with van der Waals surface area (Å²) >= 11 is 18.6. The van der Waals surface area contributed by atoms with Gasteiger partial charge in [0.05, 0.1) is 16.8 Å². The molecule has 5 rings (SSSR count). The van der Waals surface area contributed by atoms with Crippen molar-refractivity contribution in [1.29, 1.82) is 0 Å². The molecule has 8 heteroatoms. The summed E-state index contributed by atoms with van der Waals surface area (Å²) in [5.41, 5.74) is 4.34. The third-order valence-electron chi connectivity index (χ3n) is 6.38. The average Bonchev–Trinajstić information content (AvgIpc) is 3.42. The second-order valence-electron chi connectivity index (χ2n) is 8.53. The van der Waals surface area contributed by atoms with Crippen molar-refractivity contribution in [3.05, 3.63) is 92.2 Å². The van der Waals surface area contributed by atoms with Crippen molar-refractivity contribution in [3.8, 4) is 0 Å². The van der Waals surface area contributed by atoms with Gasteiger partial charge in [0.15, 0.2) is 5.69 Å². The molecule has 2 aromatic carbocycles. The lowest BCUT2D eigenvalue weighted by Crippen LogP contribution is -2.32. The molecular formula is C26H23Cl3N4O. The second-order valence-corrected chi connectivity index (χ2v) is 9.81. The lowest BCUT2D eigenvalue weighted by Gasteiger charge is -2.29. The zero-order valence-electron chi connectivity index (χ0n) is 18.6. The summed E-state index contributed by atoms with van der Waals surface area (Å²) in [5.74, 6) is -0.227. The fourth-order valence-electron chi connectivity index (χ4n) is 4.73. The molecule has 0 saturated heterocycles. The maximum Gasteiger partial charge on any atom is 0.296 e. The zero-order valence-corrected chi connectivity index (χ0v) is 20.9. The number of aromatic nitrogens is 2. The number of fused-ring (bicyclic) bond motifs is 1. The van der Waals surface area contributed by atoms with E-state index < -0.39 is 0 Å². The van der Waals surface area contributed by atoms with Crippen molar-refractivity contribution in [2.75, 3.05) is 0 Å². The van der Waals surface area contributed by atoms with Crippen LogP contribution < -0.4 is 0 Å². The number of hydrogen-bond donors (Lipinski definition) is 0. The van der Waals surface area contributed by atoms with Crippen LogP contribution in [0.15, 0.2) is 65.4 Å². The van der Waals surface area contributed by atoms with Crippen LogP contribution >= 0.6 is 34.8 Å². The maximum atomic E-state index is 13.7. The van der Waals surface area contributed by atoms with Gasteiger partial charge in [0.2, 0.25) is 0 Å². The number of hydrazone groups is 1. The molecule has 3 aromatic rings. The first-order valence-electron chi connectivity index (χ1n) is 11.3. The van der Waals surface area contributed by atoms with Crippen molar-refractivity contribution in [2.45, 2.75) is 38.8 Å². The smallest absolute Gasteiger partial charge is 0.271 e. The largest absolute Gasteiger partial charge is 0.296 e. The van der Waals surface area contributed by atoms with Crippen LogP contribution in [-0.4, -0.2) is 26.4 Å². The van der Waals surface area contributed by atoms with Gasteiger partial charge in [0.25, 0.3) is 5.91 Å². The van der Waals surface area contributed by atoms with Crippen LogP contribution in [0.5, 0.6) is 0 Å². The zero-order chi connectivity index (χ0) is 23.8. The van der Waals surface area contributed by atoms with Gasteiger partial charge in [0.1, 0.15) is 0 Å². The number of benzene rings is 2. The van der Waals surface area contributed by atoms with Crippen molar-refractivity contribution >= 4 is 52.5 Å². The summed E-state index contributed by atoms with van der Waals surface area (Å²) in [7, 11) is 0. The van der Waals surface area contributed by atoms with Gasteiger partial charge >= 0.3 is 0 Å². The highest BCUT2D eigenvalue weighted by Crippen LogP contribution is 2.45. The number of carbonyl (C=O) groups excluding carboxylic acids is 1. The van der Waals surface area contributed by atoms with Crippen LogP contribution in [0.25, 0.3) is 6.08 Å². The van der Waals surface area contributed by atoms with Crippen LogP contribution in [0.2, 0.25) is 15.1 Å². The van der Waals surface area contributed by atoms with Crippen molar-refractivity contribution < 1.29 is 4.79 Å². The molecule has 0 bridgehead atoms. The monoisotopic (exact) mass is 512 g/mol. The van der Waals surface area contributed by atoms with Crippen LogP contribution in [0.1, 0.15) is 53.8 Å². The molecule has 0 N–H and O–H groups in total. The first kappa shape index (κ1) is 23.2. The number of halogens is 3. The third-order valence-corrected chi connectivity index (χ3v) is 7.16. The van der Waals surface area contributed by atoms with E-state index in [4.69, 9.17) is 39.9 Å². The predicted molar refractivity (Wildman–Crippen MR) is 137 cm³/mol. The molecule has 0 radical (unpaired) electrons. The number of allylic oxidation sites excluding steroid dienone is 1. The molecule has 1 aliphatic carbocycles. The minimum absolute atomic E-state index is 0.0736. The third kappa shape index (κ3) is 4.40. The Labute approximate surface area is 213 Å². The lowest BCUT2D eigenvalue weighted by atomic mass is 9.77. The van der Waals surface area contributed by atoms with E-state index in [-0.39, 0.29) is 23.6 Å². The number of carbonyl (C=O) groups is 1. The molecule has 34 heavy (non-hydrogen) atoms. The lowest BCUT2D eigenvalue weighted by molar-refractivity contribution is 0.0674. The van der Waals surface area contributed by atoms with Gasteiger partial charge in [-0.2, -0.15) is 10.2 Å². The van der Waals surface area contributed by atoms with E-state index in [9.17, 15) is 4.79 Å². The Hall–Kier alpha value is -2.60. The van der Waals surface area contributed by atoms with Gasteiger partial charge in [-0.05, 0) is 73.2 Å². The predicted octanol–water partition coefficient (Wildman–Crippen LogP) is 7.30. The fraction of sp³-hybridized carbons (Fsp3) is 0.269. The molecule has 5 nitrogen and oxygen atoms in total. The Morgan fingerprint density at radius 2 is 1.74 bits per heavy atom. The van der Waals surface area contributed by atoms with Gasteiger partial charge in [-0.25, -0.2) is 5.01 Å². The number of hydrogen-bond acceptors (Lipinski definition) is 3. The van der Waals surface area contributed by atoms with E-state index in [1.54, 1.807) is 15.9 Å². The highest BCUT2D eigenvalue weighted by atomic mass is 35.5.